The summed E-state index contributed by atoms with van der Waals surface area (Å²) in [6.45, 7) is 0.570. The van der Waals surface area contributed by atoms with Gasteiger partial charge in [-0.15, -0.1) is 0 Å². The Bertz CT molecular complexity index is 1160. The molecule has 0 fully saturated rings. The van der Waals surface area contributed by atoms with E-state index in [2.05, 4.69) is 6.07 Å². The number of hydrogen-bond donors (Lipinski definition) is 0. The molecule has 0 bridgehead atoms. The van der Waals surface area contributed by atoms with E-state index in [4.69, 9.17) is 10.5 Å². The summed E-state index contributed by atoms with van der Waals surface area (Å²) in [7, 11) is -3.74. The van der Waals surface area contributed by atoms with Gasteiger partial charge in [-0.25, -0.2) is 8.42 Å². The van der Waals surface area contributed by atoms with Gasteiger partial charge in [-0.3, -0.25) is 0 Å². The molecule has 5 nitrogen and oxygen atoms in total. The van der Waals surface area contributed by atoms with Gasteiger partial charge in [-0.05, 0) is 60.4 Å². The van der Waals surface area contributed by atoms with Crippen molar-refractivity contribution in [2.75, 3.05) is 6.54 Å². The summed E-state index contributed by atoms with van der Waals surface area (Å²) in [5, 5.41) is 17.9. The second-order valence-corrected chi connectivity index (χ2v) is 8.81. The summed E-state index contributed by atoms with van der Waals surface area (Å²) >= 11 is 0. The summed E-state index contributed by atoms with van der Waals surface area (Å²) in [5.41, 5.74) is 2.92. The maximum absolute atomic E-state index is 13.3. The van der Waals surface area contributed by atoms with E-state index in [-0.39, 0.29) is 11.4 Å². The van der Waals surface area contributed by atoms with Crippen LogP contribution in [0.25, 0.3) is 0 Å². The fraction of sp³-hybridized carbons (Fsp3) is 0.167. The molecule has 0 aliphatic rings. The minimum atomic E-state index is -3.74. The summed E-state index contributed by atoms with van der Waals surface area (Å²) in [5.74, 6) is 0. The summed E-state index contributed by atoms with van der Waals surface area (Å²) < 4.78 is 28.0. The number of hydrogen-bond acceptors (Lipinski definition) is 4. The van der Waals surface area contributed by atoms with Crippen LogP contribution >= 0.6 is 0 Å². The van der Waals surface area contributed by atoms with E-state index in [1.165, 1.54) is 28.6 Å². The minimum absolute atomic E-state index is 0.162. The van der Waals surface area contributed by atoms with Crippen LogP contribution in [0.3, 0.4) is 0 Å². The number of rotatable bonds is 8. The normalized spacial score (nSPS) is 11.0. The number of benzene rings is 3. The van der Waals surface area contributed by atoms with Gasteiger partial charge in [-0.1, -0.05) is 42.5 Å². The van der Waals surface area contributed by atoms with Crippen molar-refractivity contribution < 1.29 is 8.42 Å². The quantitative estimate of drug-likeness (QED) is 0.550. The van der Waals surface area contributed by atoms with Gasteiger partial charge in [0.25, 0.3) is 0 Å². The van der Waals surface area contributed by atoms with Crippen molar-refractivity contribution >= 4 is 10.0 Å². The molecule has 0 amide bonds. The Hall–Kier alpha value is -3.45. The Balaban J connectivity index is 1.82. The molecule has 0 heterocycles. The second-order valence-electron chi connectivity index (χ2n) is 6.87. The minimum Gasteiger partial charge on any atom is -0.207 e. The fourth-order valence-electron chi connectivity index (χ4n) is 3.13. The van der Waals surface area contributed by atoms with E-state index in [9.17, 15) is 8.42 Å². The molecule has 30 heavy (non-hydrogen) atoms. The van der Waals surface area contributed by atoms with Crippen molar-refractivity contribution in [2.45, 2.75) is 24.3 Å². The Morgan fingerprint density at radius 2 is 1.30 bits per heavy atom. The smallest absolute Gasteiger partial charge is 0.207 e. The Morgan fingerprint density at radius 1 is 0.733 bits per heavy atom. The molecule has 3 aromatic carbocycles. The van der Waals surface area contributed by atoms with Gasteiger partial charge in [-0.2, -0.15) is 14.8 Å². The van der Waals surface area contributed by atoms with Gasteiger partial charge in [0.2, 0.25) is 10.0 Å². The molecule has 0 N–H and O–H groups in total. The Labute approximate surface area is 177 Å². The van der Waals surface area contributed by atoms with Crippen molar-refractivity contribution in [3.8, 4) is 12.1 Å². The third-order valence-electron chi connectivity index (χ3n) is 4.78. The van der Waals surface area contributed by atoms with Crippen LogP contribution in [0.4, 0.5) is 0 Å². The zero-order chi connectivity index (χ0) is 21.4. The lowest BCUT2D eigenvalue weighted by molar-refractivity contribution is 0.399. The molecule has 0 aliphatic heterocycles. The van der Waals surface area contributed by atoms with Gasteiger partial charge in [0, 0.05) is 13.1 Å². The molecule has 0 aliphatic carbocycles. The molecule has 0 radical (unpaired) electrons. The maximum Gasteiger partial charge on any atom is 0.243 e. The molecule has 0 atom stereocenters. The number of sulfonamides is 1. The first-order valence-electron chi connectivity index (χ1n) is 9.56. The topological polar surface area (TPSA) is 85.0 Å². The van der Waals surface area contributed by atoms with Crippen LogP contribution in [0.2, 0.25) is 0 Å². The molecule has 3 aromatic rings. The summed E-state index contributed by atoms with van der Waals surface area (Å²) in [6, 6.07) is 26.9. The van der Waals surface area contributed by atoms with Crippen LogP contribution in [-0.2, 0) is 23.0 Å². The van der Waals surface area contributed by atoms with E-state index < -0.39 is 10.0 Å². The summed E-state index contributed by atoms with van der Waals surface area (Å²) in [6.07, 6.45) is 1.45. The van der Waals surface area contributed by atoms with Crippen LogP contribution in [0.15, 0.2) is 83.8 Å². The fourth-order valence-corrected chi connectivity index (χ4v) is 4.59. The van der Waals surface area contributed by atoms with Crippen molar-refractivity contribution in [3.63, 3.8) is 0 Å². The van der Waals surface area contributed by atoms with Crippen LogP contribution in [0.5, 0.6) is 0 Å². The monoisotopic (exact) mass is 415 g/mol. The lowest BCUT2D eigenvalue weighted by Crippen LogP contribution is -2.32. The van der Waals surface area contributed by atoms with Gasteiger partial charge >= 0.3 is 0 Å². The average molecular weight is 416 g/mol. The summed E-state index contributed by atoms with van der Waals surface area (Å²) in [4.78, 5) is 0.162. The second kappa shape index (κ2) is 9.84. The van der Waals surface area contributed by atoms with Crippen LogP contribution in [0, 0.1) is 22.7 Å². The molecule has 150 valence electrons. The first kappa shape index (κ1) is 21.3. The molecule has 0 saturated carbocycles. The average Bonchev–Trinajstić information content (AvgIpc) is 2.79. The lowest BCUT2D eigenvalue weighted by atomic mass is 10.1. The first-order chi connectivity index (χ1) is 14.5. The van der Waals surface area contributed by atoms with E-state index in [1.807, 2.05) is 36.4 Å². The van der Waals surface area contributed by atoms with Crippen LogP contribution < -0.4 is 0 Å². The Morgan fingerprint density at radius 3 is 1.87 bits per heavy atom. The number of aryl methyl sites for hydroxylation is 1. The molecule has 0 unspecified atom stereocenters. The number of nitriles is 2. The Kier molecular flexibility index (Phi) is 6.98. The molecule has 0 aromatic heterocycles. The molecule has 0 saturated heterocycles. The van der Waals surface area contributed by atoms with Crippen LogP contribution in [0.1, 0.15) is 28.7 Å². The van der Waals surface area contributed by atoms with E-state index >= 15 is 0 Å². The van der Waals surface area contributed by atoms with E-state index in [1.54, 1.807) is 24.3 Å². The highest BCUT2D eigenvalue weighted by atomic mass is 32.2. The van der Waals surface area contributed by atoms with E-state index in [0.717, 1.165) is 17.5 Å². The van der Waals surface area contributed by atoms with Crippen LogP contribution in [-0.4, -0.2) is 19.3 Å². The van der Waals surface area contributed by atoms with Gasteiger partial charge in [0.15, 0.2) is 0 Å². The predicted octanol–water partition coefficient (Wildman–Crippen LogP) is 4.25. The van der Waals surface area contributed by atoms with Crippen molar-refractivity contribution in [2.24, 2.45) is 0 Å². The van der Waals surface area contributed by atoms with Gasteiger partial charge in [0.1, 0.15) is 0 Å². The first-order valence-corrected chi connectivity index (χ1v) is 11.0. The number of nitrogens with zero attached hydrogens (tertiary/aromatic N) is 3. The van der Waals surface area contributed by atoms with Gasteiger partial charge < -0.3 is 0 Å². The highest BCUT2D eigenvalue weighted by Crippen LogP contribution is 2.20. The standard InChI is InChI=1S/C24H21N3O2S/c25-17-21-8-10-23(11-9-21)19-27(16-4-7-20-5-2-1-3-6-20)30(28,29)24-14-12-22(18-26)13-15-24/h1-3,5-6,8-15H,4,7,16,19H2. The van der Waals surface area contributed by atoms with E-state index in [0.29, 0.717) is 24.1 Å². The lowest BCUT2D eigenvalue weighted by Gasteiger charge is -2.22. The van der Waals surface area contributed by atoms with Crippen molar-refractivity contribution in [1.82, 2.24) is 4.31 Å². The third-order valence-corrected chi connectivity index (χ3v) is 6.64. The molecular weight excluding hydrogens is 394 g/mol. The molecule has 0 spiro atoms. The molecule has 3 rings (SSSR count). The molecule has 6 heteroatoms. The predicted molar refractivity (Wildman–Crippen MR) is 115 cm³/mol. The highest BCUT2D eigenvalue weighted by molar-refractivity contribution is 7.89. The highest BCUT2D eigenvalue weighted by Gasteiger charge is 2.24. The third kappa shape index (κ3) is 5.33. The largest absolute Gasteiger partial charge is 0.243 e. The van der Waals surface area contributed by atoms with Crippen molar-refractivity contribution in [1.29, 1.82) is 10.5 Å². The zero-order valence-electron chi connectivity index (χ0n) is 16.4. The van der Waals surface area contributed by atoms with Gasteiger partial charge in [0.05, 0.1) is 28.2 Å². The maximum atomic E-state index is 13.3. The van der Waals surface area contributed by atoms with Crippen molar-refractivity contribution in [3.05, 3.63) is 101 Å². The SMILES string of the molecule is N#Cc1ccc(CN(CCCc2ccccc2)S(=O)(=O)c2ccc(C#N)cc2)cc1. The zero-order valence-corrected chi connectivity index (χ0v) is 17.2. The molecular formula is C24H21N3O2S.